The number of nitro groups is 1. The van der Waals surface area contributed by atoms with Crippen LogP contribution >= 0.6 is 0 Å². The van der Waals surface area contributed by atoms with Gasteiger partial charge in [0.2, 0.25) is 0 Å². The monoisotopic (exact) mass is 362 g/mol. The number of methoxy groups -OCH3 is 1. The molecule has 0 bridgehead atoms. The van der Waals surface area contributed by atoms with E-state index in [4.69, 9.17) is 4.74 Å². The summed E-state index contributed by atoms with van der Waals surface area (Å²) in [5.74, 6) is 0.0685. The number of hydrogen-bond acceptors (Lipinski definition) is 6. The first kappa shape index (κ1) is 16.9. The largest absolute Gasteiger partial charge is 0.495 e. The van der Waals surface area contributed by atoms with Crippen molar-refractivity contribution >= 4 is 27.2 Å². The second-order valence-electron chi connectivity index (χ2n) is 5.36. The molecule has 25 heavy (non-hydrogen) atoms. The van der Waals surface area contributed by atoms with E-state index in [2.05, 4.69) is 0 Å². The molecule has 0 N–H and O–H groups in total. The number of ether oxygens (including phenoxy) is 1. The normalized spacial score (nSPS) is 14.1. The van der Waals surface area contributed by atoms with Crippen molar-refractivity contribution in [3.63, 3.8) is 0 Å². The van der Waals surface area contributed by atoms with Crippen LogP contribution < -0.4 is 9.04 Å². The molecule has 1 aliphatic rings. The molecule has 0 fully saturated rings. The lowest BCUT2D eigenvalue weighted by molar-refractivity contribution is -0.385. The average molecular weight is 362 g/mol. The molecule has 0 amide bonds. The topological polar surface area (TPSA) is 107 Å². The second kappa shape index (κ2) is 6.17. The summed E-state index contributed by atoms with van der Waals surface area (Å²) in [6.45, 7) is -0.0583. The molecule has 0 aliphatic carbocycles. The fraction of sp³-hybridized carbons (Fsp3) is 0.188. The third-order valence-corrected chi connectivity index (χ3v) is 5.72. The van der Waals surface area contributed by atoms with E-state index in [0.717, 1.165) is 10.4 Å². The molecule has 9 heteroatoms. The van der Waals surface area contributed by atoms with Crippen molar-refractivity contribution in [2.75, 3.05) is 18.0 Å². The lowest BCUT2D eigenvalue weighted by Crippen LogP contribution is -2.37. The molecule has 0 spiro atoms. The summed E-state index contributed by atoms with van der Waals surface area (Å²) < 4.78 is 32.4. The zero-order chi connectivity index (χ0) is 18.2. The van der Waals surface area contributed by atoms with Gasteiger partial charge in [0.15, 0.2) is 5.78 Å². The van der Waals surface area contributed by atoms with Gasteiger partial charge in [0.25, 0.3) is 15.7 Å². The Morgan fingerprint density at radius 2 is 1.92 bits per heavy atom. The molecule has 0 aromatic heterocycles. The molecular weight excluding hydrogens is 348 g/mol. The van der Waals surface area contributed by atoms with Gasteiger partial charge in [0, 0.05) is 30.7 Å². The summed E-state index contributed by atoms with van der Waals surface area (Å²) >= 11 is 0. The maximum absolute atomic E-state index is 13.0. The summed E-state index contributed by atoms with van der Waals surface area (Å²) in [7, 11) is -2.71. The zero-order valence-corrected chi connectivity index (χ0v) is 14.0. The molecule has 130 valence electrons. The minimum Gasteiger partial charge on any atom is -0.495 e. The van der Waals surface area contributed by atoms with E-state index in [9.17, 15) is 23.3 Å². The van der Waals surface area contributed by atoms with Gasteiger partial charge in [-0.05, 0) is 18.2 Å². The number of nitro benzene ring substituents is 1. The van der Waals surface area contributed by atoms with Crippen LogP contribution in [0.25, 0.3) is 0 Å². The Hall–Kier alpha value is -2.94. The Balaban J connectivity index is 2.17. The predicted molar refractivity (Wildman–Crippen MR) is 89.6 cm³/mol. The maximum atomic E-state index is 13.0. The Labute approximate surface area is 143 Å². The minimum absolute atomic E-state index is 0.0221. The SMILES string of the molecule is COc1cccc2c1N(S(=O)(=O)c1cccc([N+](=O)[O-])c1)CCC2=O. The Kier molecular flexibility index (Phi) is 4.17. The number of benzene rings is 2. The number of rotatable bonds is 4. The number of nitrogens with zero attached hydrogens (tertiary/aromatic N) is 2. The lowest BCUT2D eigenvalue weighted by atomic mass is 10.0. The molecule has 0 atom stereocenters. The first-order valence-electron chi connectivity index (χ1n) is 7.33. The van der Waals surface area contributed by atoms with Crippen LogP contribution in [0.5, 0.6) is 5.75 Å². The van der Waals surface area contributed by atoms with Crippen molar-refractivity contribution in [2.45, 2.75) is 11.3 Å². The number of anilines is 1. The predicted octanol–water partition coefficient (Wildman–Crippen LogP) is 2.39. The van der Waals surface area contributed by atoms with Crippen LogP contribution in [0.15, 0.2) is 47.4 Å². The number of para-hydroxylation sites is 1. The third kappa shape index (κ3) is 2.82. The van der Waals surface area contributed by atoms with E-state index in [1.807, 2.05) is 0 Å². The van der Waals surface area contributed by atoms with Crippen LogP contribution in [-0.4, -0.2) is 32.8 Å². The molecule has 0 radical (unpaired) electrons. The van der Waals surface area contributed by atoms with E-state index in [0.29, 0.717) is 0 Å². The van der Waals surface area contributed by atoms with E-state index in [-0.39, 0.29) is 46.3 Å². The second-order valence-corrected chi connectivity index (χ2v) is 7.22. The molecule has 3 rings (SSSR count). The van der Waals surface area contributed by atoms with Crippen molar-refractivity contribution in [3.8, 4) is 5.75 Å². The van der Waals surface area contributed by atoms with Crippen molar-refractivity contribution in [3.05, 3.63) is 58.1 Å². The number of non-ortho nitro benzene ring substituents is 1. The van der Waals surface area contributed by atoms with Gasteiger partial charge in [-0.25, -0.2) is 8.42 Å². The summed E-state index contributed by atoms with van der Waals surface area (Å²) in [4.78, 5) is 22.2. The highest BCUT2D eigenvalue weighted by atomic mass is 32.2. The minimum atomic E-state index is -4.09. The zero-order valence-electron chi connectivity index (χ0n) is 13.2. The molecule has 0 unspecified atom stereocenters. The Morgan fingerprint density at radius 3 is 2.60 bits per heavy atom. The van der Waals surface area contributed by atoms with Crippen LogP contribution in [0.3, 0.4) is 0 Å². The van der Waals surface area contributed by atoms with Crippen molar-refractivity contribution in [1.29, 1.82) is 0 Å². The summed E-state index contributed by atoms with van der Waals surface area (Å²) in [6, 6.07) is 9.52. The number of hydrogen-bond donors (Lipinski definition) is 0. The number of carbonyl (C=O) groups is 1. The van der Waals surface area contributed by atoms with Crippen LogP contribution in [0, 0.1) is 10.1 Å². The smallest absolute Gasteiger partial charge is 0.270 e. The van der Waals surface area contributed by atoms with Crippen molar-refractivity contribution in [1.82, 2.24) is 0 Å². The molecule has 2 aromatic carbocycles. The summed E-state index contributed by atoms with van der Waals surface area (Å²) in [5.41, 5.74) is 0.0850. The van der Waals surface area contributed by atoms with Gasteiger partial charge in [-0.1, -0.05) is 12.1 Å². The Morgan fingerprint density at radius 1 is 1.20 bits per heavy atom. The van der Waals surface area contributed by atoms with Gasteiger partial charge in [0.05, 0.1) is 16.9 Å². The highest BCUT2D eigenvalue weighted by Crippen LogP contribution is 2.39. The van der Waals surface area contributed by atoms with Crippen LogP contribution in [0.1, 0.15) is 16.8 Å². The first-order valence-corrected chi connectivity index (χ1v) is 8.77. The first-order chi connectivity index (χ1) is 11.9. The number of ketones is 1. The van der Waals surface area contributed by atoms with Gasteiger partial charge in [0.1, 0.15) is 11.4 Å². The molecule has 0 saturated carbocycles. The third-order valence-electron chi connectivity index (χ3n) is 3.93. The van der Waals surface area contributed by atoms with Gasteiger partial charge in [-0.2, -0.15) is 0 Å². The molecule has 1 heterocycles. The van der Waals surface area contributed by atoms with E-state index in [1.165, 1.54) is 31.4 Å². The maximum Gasteiger partial charge on any atom is 0.270 e. The van der Waals surface area contributed by atoms with Crippen LogP contribution in [0.2, 0.25) is 0 Å². The van der Waals surface area contributed by atoms with Gasteiger partial charge in [-0.3, -0.25) is 19.2 Å². The number of fused-ring (bicyclic) bond motifs is 1. The summed E-state index contributed by atoms with van der Waals surface area (Å²) in [6.07, 6.45) is 0.0221. The van der Waals surface area contributed by atoms with Crippen LogP contribution in [0.4, 0.5) is 11.4 Å². The van der Waals surface area contributed by atoms with Crippen molar-refractivity contribution < 1.29 is 22.9 Å². The van der Waals surface area contributed by atoms with E-state index < -0.39 is 14.9 Å². The highest BCUT2D eigenvalue weighted by Gasteiger charge is 2.35. The molecule has 8 nitrogen and oxygen atoms in total. The lowest BCUT2D eigenvalue weighted by Gasteiger charge is -2.30. The van der Waals surface area contributed by atoms with Gasteiger partial charge >= 0.3 is 0 Å². The van der Waals surface area contributed by atoms with E-state index >= 15 is 0 Å². The number of sulfonamides is 1. The van der Waals surface area contributed by atoms with Crippen LogP contribution in [-0.2, 0) is 10.0 Å². The number of carbonyl (C=O) groups excluding carboxylic acids is 1. The quantitative estimate of drug-likeness (QED) is 0.610. The standard InChI is InChI=1S/C16H14N2O6S/c1-24-15-7-3-6-13-14(19)8-9-17(16(13)15)25(22,23)12-5-2-4-11(10-12)18(20)21/h2-7,10H,8-9H2,1H3. The number of Topliss-reactive ketones (excluding diaryl/α,β-unsaturated/α-hetero) is 1. The molecule has 2 aromatic rings. The fourth-order valence-electron chi connectivity index (χ4n) is 2.74. The summed E-state index contributed by atoms with van der Waals surface area (Å²) in [5, 5.41) is 10.9. The van der Waals surface area contributed by atoms with Gasteiger partial charge < -0.3 is 4.74 Å². The molecule has 1 aliphatic heterocycles. The fourth-order valence-corrected chi connectivity index (χ4v) is 4.28. The van der Waals surface area contributed by atoms with Gasteiger partial charge in [-0.15, -0.1) is 0 Å². The van der Waals surface area contributed by atoms with Crippen molar-refractivity contribution in [2.24, 2.45) is 0 Å². The molecule has 0 saturated heterocycles. The van der Waals surface area contributed by atoms with E-state index in [1.54, 1.807) is 12.1 Å². The Bertz CT molecular complexity index is 970. The molecular formula is C16H14N2O6S. The highest BCUT2D eigenvalue weighted by molar-refractivity contribution is 7.92. The average Bonchev–Trinajstić information content (AvgIpc) is 2.61.